The first-order chi connectivity index (χ1) is 6.66. The van der Waals surface area contributed by atoms with Crippen molar-refractivity contribution >= 4 is 17.3 Å². The highest BCUT2D eigenvalue weighted by Gasteiger charge is 2.04. The van der Waals surface area contributed by atoms with Crippen LogP contribution in [0.15, 0.2) is 24.5 Å². The van der Waals surface area contributed by atoms with Crippen LogP contribution in [0, 0.1) is 6.92 Å². The van der Waals surface area contributed by atoms with Gasteiger partial charge in [-0.05, 0) is 25.1 Å². The lowest BCUT2D eigenvalue weighted by molar-refractivity contribution is 0.863. The molecule has 5 heteroatoms. The standard InChI is InChI=1S/C9H9ClN4/c1-6-12-5-14(13-6)9-4-7(11)2-3-8(9)10/h2-5H,11H2,1H3. The van der Waals surface area contributed by atoms with Crippen molar-refractivity contribution in [2.75, 3.05) is 5.73 Å². The number of aromatic nitrogens is 3. The van der Waals surface area contributed by atoms with Crippen molar-refractivity contribution in [3.8, 4) is 5.69 Å². The van der Waals surface area contributed by atoms with E-state index in [0.29, 0.717) is 16.5 Å². The molecule has 0 spiro atoms. The van der Waals surface area contributed by atoms with E-state index in [0.717, 1.165) is 5.69 Å². The summed E-state index contributed by atoms with van der Waals surface area (Å²) in [6.07, 6.45) is 1.61. The number of benzene rings is 1. The molecule has 14 heavy (non-hydrogen) atoms. The first-order valence-electron chi connectivity index (χ1n) is 4.10. The van der Waals surface area contributed by atoms with Crippen LogP contribution in [-0.2, 0) is 0 Å². The molecule has 0 aliphatic rings. The van der Waals surface area contributed by atoms with Crippen molar-refractivity contribution in [1.29, 1.82) is 0 Å². The lowest BCUT2D eigenvalue weighted by Gasteiger charge is -2.03. The number of anilines is 1. The fourth-order valence-corrected chi connectivity index (χ4v) is 1.37. The van der Waals surface area contributed by atoms with Gasteiger partial charge < -0.3 is 5.73 Å². The Morgan fingerprint density at radius 2 is 2.21 bits per heavy atom. The van der Waals surface area contributed by atoms with Gasteiger partial charge in [0.2, 0.25) is 0 Å². The fraction of sp³-hybridized carbons (Fsp3) is 0.111. The molecular formula is C9H9ClN4. The number of nitrogens with two attached hydrogens (primary N) is 1. The molecule has 1 aromatic carbocycles. The molecule has 0 bridgehead atoms. The maximum Gasteiger partial charge on any atom is 0.147 e. The molecule has 0 aliphatic carbocycles. The molecule has 4 nitrogen and oxygen atoms in total. The summed E-state index contributed by atoms with van der Waals surface area (Å²) in [6.45, 7) is 1.82. The van der Waals surface area contributed by atoms with Gasteiger partial charge in [-0.2, -0.15) is 5.10 Å². The Balaban J connectivity index is 2.55. The average Bonchev–Trinajstić information content (AvgIpc) is 2.56. The SMILES string of the molecule is Cc1ncn(-c2cc(N)ccc2Cl)n1. The van der Waals surface area contributed by atoms with E-state index < -0.39 is 0 Å². The predicted octanol–water partition coefficient (Wildman–Crippen LogP) is 1.81. The van der Waals surface area contributed by atoms with E-state index in [2.05, 4.69) is 10.1 Å². The molecule has 2 rings (SSSR count). The van der Waals surface area contributed by atoms with E-state index >= 15 is 0 Å². The van der Waals surface area contributed by atoms with E-state index in [9.17, 15) is 0 Å². The van der Waals surface area contributed by atoms with Gasteiger partial charge >= 0.3 is 0 Å². The molecule has 1 aromatic heterocycles. The van der Waals surface area contributed by atoms with E-state index in [1.54, 1.807) is 29.2 Å². The molecule has 72 valence electrons. The second-order valence-corrected chi connectivity index (χ2v) is 3.35. The Hall–Kier alpha value is -1.55. The highest BCUT2D eigenvalue weighted by Crippen LogP contribution is 2.21. The highest BCUT2D eigenvalue weighted by atomic mass is 35.5. The molecule has 0 radical (unpaired) electrons. The number of nitrogens with zero attached hydrogens (tertiary/aromatic N) is 3. The van der Waals surface area contributed by atoms with Gasteiger partial charge in [0.1, 0.15) is 12.2 Å². The summed E-state index contributed by atoms with van der Waals surface area (Å²) >= 11 is 6.00. The molecule has 0 amide bonds. The molecule has 0 saturated heterocycles. The first kappa shape index (κ1) is 9.02. The van der Waals surface area contributed by atoms with E-state index in [-0.39, 0.29) is 0 Å². The number of hydrogen-bond donors (Lipinski definition) is 1. The lowest BCUT2D eigenvalue weighted by Crippen LogP contribution is -1.97. The molecule has 2 aromatic rings. The normalized spacial score (nSPS) is 10.4. The summed E-state index contributed by atoms with van der Waals surface area (Å²) < 4.78 is 1.61. The zero-order chi connectivity index (χ0) is 10.1. The minimum absolute atomic E-state index is 0.601. The third-order valence-corrected chi connectivity index (χ3v) is 2.14. The molecule has 0 saturated carbocycles. The van der Waals surface area contributed by atoms with Crippen LogP contribution in [0.2, 0.25) is 5.02 Å². The molecule has 1 heterocycles. The summed E-state index contributed by atoms with van der Waals surface area (Å²) in [4.78, 5) is 4.02. The Bertz CT molecular complexity index is 464. The number of aryl methyl sites for hydroxylation is 1. The number of rotatable bonds is 1. The van der Waals surface area contributed by atoms with Crippen LogP contribution in [0.3, 0.4) is 0 Å². The van der Waals surface area contributed by atoms with Crippen molar-refractivity contribution in [2.24, 2.45) is 0 Å². The molecular weight excluding hydrogens is 200 g/mol. The van der Waals surface area contributed by atoms with Gasteiger partial charge in [-0.25, -0.2) is 9.67 Å². The van der Waals surface area contributed by atoms with Crippen LogP contribution < -0.4 is 5.73 Å². The van der Waals surface area contributed by atoms with Crippen LogP contribution in [-0.4, -0.2) is 14.8 Å². The van der Waals surface area contributed by atoms with Gasteiger partial charge in [0.25, 0.3) is 0 Å². The number of hydrogen-bond acceptors (Lipinski definition) is 3. The van der Waals surface area contributed by atoms with Crippen LogP contribution in [0.5, 0.6) is 0 Å². The quantitative estimate of drug-likeness (QED) is 0.728. The Kier molecular flexibility index (Phi) is 2.13. The Morgan fingerprint density at radius 1 is 1.43 bits per heavy atom. The van der Waals surface area contributed by atoms with Gasteiger partial charge in [-0.1, -0.05) is 11.6 Å². The van der Waals surface area contributed by atoms with Crippen molar-refractivity contribution in [2.45, 2.75) is 6.92 Å². The zero-order valence-electron chi connectivity index (χ0n) is 7.61. The van der Waals surface area contributed by atoms with Crippen molar-refractivity contribution in [3.05, 3.63) is 35.4 Å². The maximum atomic E-state index is 6.00. The maximum absolute atomic E-state index is 6.00. The van der Waals surface area contributed by atoms with Crippen molar-refractivity contribution < 1.29 is 0 Å². The second kappa shape index (κ2) is 3.31. The third kappa shape index (κ3) is 1.56. The fourth-order valence-electron chi connectivity index (χ4n) is 1.17. The van der Waals surface area contributed by atoms with Crippen LogP contribution in [0.4, 0.5) is 5.69 Å². The summed E-state index contributed by atoms with van der Waals surface area (Å²) in [5.41, 5.74) is 7.04. The smallest absolute Gasteiger partial charge is 0.147 e. The Labute approximate surface area is 86.3 Å². The summed E-state index contributed by atoms with van der Waals surface area (Å²) in [6, 6.07) is 5.25. The highest BCUT2D eigenvalue weighted by molar-refractivity contribution is 6.32. The monoisotopic (exact) mass is 208 g/mol. The molecule has 2 N–H and O–H groups in total. The van der Waals surface area contributed by atoms with Gasteiger partial charge in [0, 0.05) is 5.69 Å². The van der Waals surface area contributed by atoms with Crippen molar-refractivity contribution in [3.63, 3.8) is 0 Å². The topological polar surface area (TPSA) is 56.7 Å². The second-order valence-electron chi connectivity index (χ2n) is 2.95. The minimum atomic E-state index is 0.601. The summed E-state index contributed by atoms with van der Waals surface area (Å²) in [5.74, 6) is 0.698. The van der Waals surface area contributed by atoms with Crippen LogP contribution in [0.1, 0.15) is 5.82 Å². The predicted molar refractivity (Wildman–Crippen MR) is 55.5 cm³/mol. The van der Waals surface area contributed by atoms with E-state index in [1.165, 1.54) is 0 Å². The van der Waals surface area contributed by atoms with Crippen LogP contribution in [0.25, 0.3) is 5.69 Å². The van der Waals surface area contributed by atoms with Gasteiger partial charge in [0.05, 0.1) is 10.7 Å². The zero-order valence-corrected chi connectivity index (χ0v) is 8.36. The van der Waals surface area contributed by atoms with Gasteiger partial charge in [-0.3, -0.25) is 0 Å². The van der Waals surface area contributed by atoms with Gasteiger partial charge in [-0.15, -0.1) is 0 Å². The number of halogens is 1. The molecule has 0 atom stereocenters. The largest absolute Gasteiger partial charge is 0.399 e. The van der Waals surface area contributed by atoms with Crippen LogP contribution >= 0.6 is 11.6 Å². The lowest BCUT2D eigenvalue weighted by atomic mass is 10.3. The third-order valence-electron chi connectivity index (χ3n) is 1.82. The average molecular weight is 209 g/mol. The minimum Gasteiger partial charge on any atom is -0.399 e. The molecule has 0 unspecified atom stereocenters. The van der Waals surface area contributed by atoms with Gasteiger partial charge in [0.15, 0.2) is 0 Å². The first-order valence-corrected chi connectivity index (χ1v) is 4.48. The molecule has 0 aliphatic heterocycles. The Morgan fingerprint density at radius 3 is 2.86 bits per heavy atom. The van der Waals surface area contributed by atoms with Crippen molar-refractivity contribution in [1.82, 2.24) is 14.8 Å². The number of nitrogen functional groups attached to an aromatic ring is 1. The van der Waals surface area contributed by atoms with E-state index in [4.69, 9.17) is 17.3 Å². The summed E-state index contributed by atoms with van der Waals surface area (Å²) in [7, 11) is 0. The molecule has 0 fully saturated rings. The van der Waals surface area contributed by atoms with E-state index in [1.807, 2.05) is 6.92 Å². The summed E-state index contributed by atoms with van der Waals surface area (Å²) in [5, 5.41) is 4.75.